The normalized spacial score (nSPS) is 23.1. The molecule has 1 unspecified atom stereocenters. The van der Waals surface area contributed by atoms with E-state index < -0.39 is 0 Å². The first kappa shape index (κ1) is 15.1. The summed E-state index contributed by atoms with van der Waals surface area (Å²) in [5, 5.41) is 0. The van der Waals surface area contributed by atoms with Crippen LogP contribution in [0.4, 0.5) is 0 Å². The first-order valence-corrected chi connectivity index (χ1v) is 8.87. The van der Waals surface area contributed by atoms with Gasteiger partial charge in [-0.15, -0.1) is 0 Å². The quantitative estimate of drug-likeness (QED) is 0.832. The number of likely N-dealkylation sites (tertiary alicyclic amines) is 2. The molecule has 5 heteroatoms. The molecule has 116 valence electrons. The van der Waals surface area contributed by atoms with Gasteiger partial charge in [-0.3, -0.25) is 9.69 Å². The Hall–Kier alpha value is -0.810. The second kappa shape index (κ2) is 6.53. The number of hydrogen-bond acceptors (Lipinski definition) is 2. The first-order chi connectivity index (χ1) is 10.2. The lowest BCUT2D eigenvalue weighted by atomic mass is 10.2. The van der Waals surface area contributed by atoms with Gasteiger partial charge in [-0.2, -0.15) is 0 Å². The molecule has 1 amide bonds. The van der Waals surface area contributed by atoms with Crippen molar-refractivity contribution in [3.8, 4) is 0 Å². The molecule has 0 radical (unpaired) electrons. The predicted octanol–water partition coefficient (Wildman–Crippen LogP) is 2.97. The summed E-state index contributed by atoms with van der Waals surface area (Å²) >= 11 is 3.50. The summed E-state index contributed by atoms with van der Waals surface area (Å²) in [6.45, 7) is 7.26. The zero-order valence-electron chi connectivity index (χ0n) is 12.7. The monoisotopic (exact) mass is 353 g/mol. The third-order valence-corrected chi connectivity index (χ3v) is 5.09. The van der Waals surface area contributed by atoms with Crippen molar-refractivity contribution in [1.82, 2.24) is 14.4 Å². The van der Waals surface area contributed by atoms with Crippen molar-refractivity contribution in [3.63, 3.8) is 0 Å². The van der Waals surface area contributed by atoms with Gasteiger partial charge in [-0.1, -0.05) is 6.92 Å². The van der Waals surface area contributed by atoms with Crippen LogP contribution in [-0.2, 0) is 6.54 Å². The van der Waals surface area contributed by atoms with Gasteiger partial charge in [-0.25, -0.2) is 0 Å². The van der Waals surface area contributed by atoms with Crippen LogP contribution < -0.4 is 0 Å². The summed E-state index contributed by atoms with van der Waals surface area (Å²) in [6, 6.07) is 2.54. The third-order valence-electron chi connectivity index (χ3n) is 4.65. The minimum atomic E-state index is 0.191. The summed E-state index contributed by atoms with van der Waals surface area (Å²) in [4.78, 5) is 17.4. The van der Waals surface area contributed by atoms with Gasteiger partial charge in [0.2, 0.25) is 0 Å². The van der Waals surface area contributed by atoms with E-state index in [1.165, 1.54) is 25.9 Å². The Kier molecular flexibility index (Phi) is 4.69. The fourth-order valence-corrected chi connectivity index (χ4v) is 4.04. The number of aromatic nitrogens is 1. The maximum atomic E-state index is 12.8. The molecule has 0 N–H and O–H groups in total. The van der Waals surface area contributed by atoms with E-state index in [9.17, 15) is 4.79 Å². The SMILES string of the molecule is CCCn1cc(Br)cc1C(=O)N1CCC(N2CCCC2)C1. The van der Waals surface area contributed by atoms with E-state index in [0.717, 1.165) is 42.6 Å². The van der Waals surface area contributed by atoms with Gasteiger partial charge >= 0.3 is 0 Å². The van der Waals surface area contributed by atoms with Gasteiger partial charge in [-0.05, 0) is 60.8 Å². The number of halogens is 1. The highest BCUT2D eigenvalue weighted by molar-refractivity contribution is 9.10. The van der Waals surface area contributed by atoms with Crippen LogP contribution in [0, 0.1) is 0 Å². The molecular formula is C16H24BrN3O. The Bertz CT molecular complexity index is 508. The average Bonchev–Trinajstić information content (AvgIpc) is 3.18. The highest BCUT2D eigenvalue weighted by Crippen LogP contribution is 2.23. The van der Waals surface area contributed by atoms with E-state index in [1.54, 1.807) is 0 Å². The number of aryl methyl sites for hydroxylation is 1. The summed E-state index contributed by atoms with van der Waals surface area (Å²) < 4.78 is 3.07. The zero-order chi connectivity index (χ0) is 14.8. The number of rotatable bonds is 4. The molecule has 2 saturated heterocycles. The van der Waals surface area contributed by atoms with E-state index in [0.29, 0.717) is 6.04 Å². The van der Waals surface area contributed by atoms with E-state index in [2.05, 4.69) is 32.3 Å². The van der Waals surface area contributed by atoms with Crippen LogP contribution in [0.2, 0.25) is 0 Å². The van der Waals surface area contributed by atoms with Crippen molar-refractivity contribution < 1.29 is 4.79 Å². The van der Waals surface area contributed by atoms with Crippen LogP contribution >= 0.6 is 15.9 Å². The molecule has 1 aromatic heterocycles. The minimum Gasteiger partial charge on any atom is -0.342 e. The maximum Gasteiger partial charge on any atom is 0.270 e. The van der Waals surface area contributed by atoms with E-state index in [1.807, 2.05) is 17.2 Å². The van der Waals surface area contributed by atoms with Crippen LogP contribution in [-0.4, -0.2) is 52.5 Å². The molecule has 1 aromatic rings. The lowest BCUT2D eigenvalue weighted by Crippen LogP contribution is -2.37. The standard InChI is InChI=1S/C16H24BrN3O/c1-2-6-19-11-13(17)10-15(19)16(21)20-9-5-14(12-20)18-7-3-4-8-18/h10-11,14H,2-9,12H2,1H3. The topological polar surface area (TPSA) is 28.5 Å². The summed E-state index contributed by atoms with van der Waals surface area (Å²) in [6.07, 6.45) is 6.82. The number of hydrogen-bond donors (Lipinski definition) is 0. The highest BCUT2D eigenvalue weighted by atomic mass is 79.9. The molecule has 0 spiro atoms. The van der Waals surface area contributed by atoms with E-state index in [-0.39, 0.29) is 5.91 Å². The molecule has 2 aliphatic rings. The lowest BCUT2D eigenvalue weighted by Gasteiger charge is -2.23. The van der Waals surface area contributed by atoms with Crippen LogP contribution in [0.3, 0.4) is 0 Å². The van der Waals surface area contributed by atoms with Crippen molar-refractivity contribution in [2.75, 3.05) is 26.2 Å². The second-order valence-corrected chi connectivity index (χ2v) is 7.09. The Balaban J connectivity index is 1.68. The average molecular weight is 354 g/mol. The van der Waals surface area contributed by atoms with Crippen LogP contribution in [0.5, 0.6) is 0 Å². The van der Waals surface area contributed by atoms with Crippen LogP contribution in [0.25, 0.3) is 0 Å². The second-order valence-electron chi connectivity index (χ2n) is 6.17. The fraction of sp³-hybridized carbons (Fsp3) is 0.688. The maximum absolute atomic E-state index is 12.8. The lowest BCUT2D eigenvalue weighted by molar-refractivity contribution is 0.0769. The van der Waals surface area contributed by atoms with Gasteiger partial charge < -0.3 is 9.47 Å². The molecular weight excluding hydrogens is 330 g/mol. The predicted molar refractivity (Wildman–Crippen MR) is 87.5 cm³/mol. The molecule has 2 fully saturated rings. The summed E-state index contributed by atoms with van der Waals surface area (Å²) in [5.74, 6) is 0.191. The van der Waals surface area contributed by atoms with Crippen molar-refractivity contribution >= 4 is 21.8 Å². The Morgan fingerprint density at radius 3 is 2.81 bits per heavy atom. The van der Waals surface area contributed by atoms with Gasteiger partial charge in [0, 0.05) is 36.3 Å². The molecule has 3 rings (SSSR count). The molecule has 1 atom stereocenters. The van der Waals surface area contributed by atoms with Crippen molar-refractivity contribution in [2.45, 2.75) is 45.2 Å². The third kappa shape index (κ3) is 3.19. The molecule has 4 nitrogen and oxygen atoms in total. The smallest absolute Gasteiger partial charge is 0.270 e. The summed E-state index contributed by atoms with van der Waals surface area (Å²) in [7, 11) is 0. The molecule has 21 heavy (non-hydrogen) atoms. The number of nitrogens with zero attached hydrogens (tertiary/aromatic N) is 3. The summed E-state index contributed by atoms with van der Waals surface area (Å²) in [5.41, 5.74) is 0.825. The van der Waals surface area contributed by atoms with Crippen molar-refractivity contribution in [3.05, 3.63) is 22.4 Å². The Morgan fingerprint density at radius 2 is 2.10 bits per heavy atom. The first-order valence-electron chi connectivity index (χ1n) is 8.08. The van der Waals surface area contributed by atoms with Crippen LogP contribution in [0.15, 0.2) is 16.7 Å². The van der Waals surface area contributed by atoms with Gasteiger partial charge in [0.1, 0.15) is 5.69 Å². The number of amides is 1. The zero-order valence-corrected chi connectivity index (χ0v) is 14.3. The van der Waals surface area contributed by atoms with Gasteiger partial charge in [0.25, 0.3) is 5.91 Å². The molecule has 0 aliphatic carbocycles. The molecule has 3 heterocycles. The number of carbonyl (C=O) groups excluding carboxylic acids is 1. The Morgan fingerprint density at radius 1 is 1.33 bits per heavy atom. The van der Waals surface area contributed by atoms with E-state index in [4.69, 9.17) is 0 Å². The molecule has 0 aromatic carbocycles. The fourth-order valence-electron chi connectivity index (χ4n) is 3.57. The number of carbonyl (C=O) groups is 1. The highest BCUT2D eigenvalue weighted by Gasteiger charge is 2.32. The molecule has 0 saturated carbocycles. The molecule has 0 bridgehead atoms. The van der Waals surface area contributed by atoms with E-state index >= 15 is 0 Å². The van der Waals surface area contributed by atoms with Gasteiger partial charge in [0.15, 0.2) is 0 Å². The minimum absolute atomic E-state index is 0.191. The van der Waals surface area contributed by atoms with Gasteiger partial charge in [0.05, 0.1) is 0 Å². The van der Waals surface area contributed by atoms with Crippen LogP contribution in [0.1, 0.15) is 43.1 Å². The Labute approximate surface area is 135 Å². The van der Waals surface area contributed by atoms with Crippen molar-refractivity contribution in [1.29, 1.82) is 0 Å². The largest absolute Gasteiger partial charge is 0.342 e. The molecule has 2 aliphatic heterocycles. The van der Waals surface area contributed by atoms with Crippen molar-refractivity contribution in [2.24, 2.45) is 0 Å².